The minimum Gasteiger partial charge on any atom is -0.487 e. The maximum Gasteiger partial charge on any atom is 0.434 e. The molecule has 0 spiro atoms. The molecule has 23 nitrogen and oxygen atoms in total. The lowest BCUT2D eigenvalue weighted by Crippen LogP contribution is -2.14. The van der Waals surface area contributed by atoms with E-state index in [0.717, 1.165) is 74.4 Å². The van der Waals surface area contributed by atoms with Gasteiger partial charge in [-0.15, -0.1) is 0 Å². The standard InChI is InChI=1S/C54H69N11O12/c1-7-39-40(8-2)44-32-46-42(12-10-16-63-18-14-56-54(63)65(68)69)38(4)50(61-46)36-58-48-34-52(77-30-28-75-26-24-73-22-20-71-6)51(76-29-27-74-25-23-72-21-19-70-5)33-47(48)57-35-49-37(3)41(45(60-49)31-43(39)59-44)11-9-15-62-17-13-55-53(62)64(66)67/h13-14,17-18,31-36,60H,7-12,15-16,19-30H2,1-6H3. The molecule has 0 fully saturated rings. The quantitative estimate of drug-likeness (QED) is 0.0240. The van der Waals surface area contributed by atoms with Crippen LogP contribution in [0.5, 0.6) is 11.5 Å². The van der Waals surface area contributed by atoms with Crippen LogP contribution in [0.15, 0.2) is 61.4 Å². The van der Waals surface area contributed by atoms with Gasteiger partial charge in [0.2, 0.25) is 0 Å². The van der Waals surface area contributed by atoms with Gasteiger partial charge < -0.3 is 63.1 Å². The summed E-state index contributed by atoms with van der Waals surface area (Å²) in [5.74, 6) is 0.399. The number of aromatic nitrogens is 9. The molecule has 7 rings (SSSR count). The van der Waals surface area contributed by atoms with Gasteiger partial charge in [-0.2, -0.15) is 0 Å². The van der Waals surface area contributed by atoms with Gasteiger partial charge >= 0.3 is 11.9 Å². The molecule has 0 atom stereocenters. The Hall–Kier alpha value is -7.28. The van der Waals surface area contributed by atoms with Gasteiger partial charge in [0.25, 0.3) is 0 Å². The van der Waals surface area contributed by atoms with E-state index < -0.39 is 9.85 Å². The summed E-state index contributed by atoms with van der Waals surface area (Å²) in [5.41, 5.74) is 11.6. The van der Waals surface area contributed by atoms with Crippen LogP contribution in [0, 0.1) is 27.2 Å². The van der Waals surface area contributed by atoms with Crippen molar-refractivity contribution in [1.82, 2.24) is 44.0 Å². The highest BCUT2D eigenvalue weighted by Gasteiger charge is 2.23. The molecule has 6 heterocycles. The summed E-state index contributed by atoms with van der Waals surface area (Å²) >= 11 is 0. The second-order valence-electron chi connectivity index (χ2n) is 17.9. The van der Waals surface area contributed by atoms with E-state index in [-0.39, 0.29) is 38.3 Å². The Morgan fingerprint density at radius 1 is 0.545 bits per heavy atom. The lowest BCUT2D eigenvalue weighted by atomic mass is 9.98. The second kappa shape index (κ2) is 29.3. The maximum atomic E-state index is 11.7. The number of imidazole rings is 2. The lowest BCUT2D eigenvalue weighted by Gasteiger charge is -2.14. The number of nitro groups is 2. The van der Waals surface area contributed by atoms with E-state index in [1.165, 1.54) is 12.4 Å². The molecule has 0 saturated carbocycles. The Morgan fingerprint density at radius 3 is 1.53 bits per heavy atom. The van der Waals surface area contributed by atoms with E-state index in [1.54, 1.807) is 60.3 Å². The van der Waals surface area contributed by atoms with Gasteiger partial charge in [-0.05, 0) is 108 Å². The zero-order valence-corrected chi connectivity index (χ0v) is 44.8. The first-order chi connectivity index (χ1) is 37.5. The highest BCUT2D eigenvalue weighted by molar-refractivity contribution is 5.95. The van der Waals surface area contributed by atoms with Crippen molar-refractivity contribution in [1.29, 1.82) is 0 Å². The summed E-state index contributed by atoms with van der Waals surface area (Å²) in [7, 11) is 3.24. The third kappa shape index (κ3) is 15.4. The highest BCUT2D eigenvalue weighted by Crippen LogP contribution is 2.39. The predicted molar refractivity (Wildman–Crippen MR) is 289 cm³/mol. The number of benzene rings is 1. The topological polar surface area (TPSA) is 263 Å². The number of aromatic amines is 1. The molecule has 2 aliphatic rings. The molecule has 0 saturated heterocycles. The summed E-state index contributed by atoms with van der Waals surface area (Å²) < 4.78 is 48.6. The molecular weight excluding hydrogens is 995 g/mol. The summed E-state index contributed by atoms with van der Waals surface area (Å²) in [6.45, 7) is 13.5. The first-order valence-corrected chi connectivity index (χ1v) is 25.9. The molecule has 6 bridgehead atoms. The van der Waals surface area contributed by atoms with Crippen molar-refractivity contribution < 1.29 is 47.7 Å². The summed E-state index contributed by atoms with van der Waals surface area (Å²) in [6.07, 6.45) is 13.3. The number of rotatable bonds is 32. The van der Waals surface area contributed by atoms with E-state index in [4.69, 9.17) is 57.8 Å². The molecule has 2 aliphatic heterocycles. The predicted octanol–water partition coefficient (Wildman–Crippen LogP) is 8.75. The molecule has 0 aliphatic carbocycles. The van der Waals surface area contributed by atoms with Crippen molar-refractivity contribution in [3.8, 4) is 11.5 Å². The van der Waals surface area contributed by atoms with Crippen LogP contribution in [0.4, 0.5) is 11.9 Å². The van der Waals surface area contributed by atoms with Crippen molar-refractivity contribution in [2.75, 3.05) is 93.5 Å². The zero-order valence-electron chi connectivity index (χ0n) is 44.8. The third-order valence-corrected chi connectivity index (χ3v) is 13.0. The molecule has 0 amide bonds. The number of hydrogen-bond acceptors (Lipinski definition) is 18. The van der Waals surface area contributed by atoms with Crippen LogP contribution in [0.1, 0.15) is 86.8 Å². The van der Waals surface area contributed by atoms with Crippen LogP contribution >= 0.6 is 0 Å². The fraction of sp³-hybridized carbons (Fsp3) is 0.481. The third-order valence-electron chi connectivity index (χ3n) is 13.0. The van der Waals surface area contributed by atoms with E-state index in [2.05, 4.69) is 34.9 Å². The van der Waals surface area contributed by atoms with Gasteiger partial charge in [-0.1, -0.05) is 23.8 Å². The molecule has 1 N–H and O–H groups in total. The van der Waals surface area contributed by atoms with Crippen LogP contribution in [-0.4, -0.2) is 147 Å². The number of hydrogen-bond donors (Lipinski definition) is 1. The van der Waals surface area contributed by atoms with Crippen molar-refractivity contribution in [2.45, 2.75) is 79.3 Å². The van der Waals surface area contributed by atoms with Crippen molar-refractivity contribution >= 4 is 56.3 Å². The minimum atomic E-state index is -0.481. The number of ether oxygens (including phenoxy) is 8. The van der Waals surface area contributed by atoms with Gasteiger partial charge in [0.1, 0.15) is 38.0 Å². The van der Waals surface area contributed by atoms with E-state index >= 15 is 0 Å². The monoisotopic (exact) mass is 1060 g/mol. The molecule has 0 unspecified atom stereocenters. The Balaban J connectivity index is 1.35. The molecule has 77 heavy (non-hydrogen) atoms. The summed E-state index contributed by atoms with van der Waals surface area (Å²) in [6, 6.07) is 7.69. The first kappa shape index (κ1) is 57.4. The Morgan fingerprint density at radius 2 is 1.01 bits per heavy atom. The van der Waals surface area contributed by atoms with Crippen LogP contribution < -0.4 is 9.47 Å². The average molecular weight is 1060 g/mol. The van der Waals surface area contributed by atoms with Crippen LogP contribution in [0.3, 0.4) is 0 Å². The lowest BCUT2D eigenvalue weighted by molar-refractivity contribution is -0.396. The fourth-order valence-corrected chi connectivity index (χ4v) is 9.04. The molecule has 0 radical (unpaired) electrons. The second-order valence-corrected chi connectivity index (χ2v) is 17.9. The number of aryl methyl sites for hydroxylation is 4. The largest absolute Gasteiger partial charge is 0.487 e. The average Bonchev–Trinajstić information content (AvgIpc) is 4.27. The van der Waals surface area contributed by atoms with E-state index in [0.29, 0.717) is 120 Å². The molecule has 412 valence electrons. The number of allylic oxidation sites excluding steroid dienone is 4. The van der Waals surface area contributed by atoms with E-state index in [9.17, 15) is 20.2 Å². The molecule has 1 aromatic carbocycles. The SMILES string of the molecule is CCC1=C(CC)c2cc3[nH]c(cnc4cc(OCCOCCOCCOC)c(OCCOCCOCCOC)cc4ncc4nc(cc1n2)C(CCCn1ccnc1[N+](=O)[O-])=C4C)c(C)c3CCCn1ccnc1[N+](=O)[O-]. The van der Waals surface area contributed by atoms with Gasteiger partial charge in [0, 0.05) is 31.9 Å². The fourth-order valence-electron chi connectivity index (χ4n) is 9.04. The Kier molecular flexibility index (Phi) is 21.8. The van der Waals surface area contributed by atoms with Crippen molar-refractivity contribution in [3.05, 3.63) is 116 Å². The Bertz CT molecular complexity index is 3080. The highest BCUT2D eigenvalue weighted by atomic mass is 16.6. The van der Waals surface area contributed by atoms with Gasteiger partial charge in [-0.3, -0.25) is 9.97 Å². The molecule has 23 heteroatoms. The smallest absolute Gasteiger partial charge is 0.434 e. The minimum absolute atomic E-state index is 0.193. The number of nitrogens with zero attached hydrogens (tertiary/aromatic N) is 10. The summed E-state index contributed by atoms with van der Waals surface area (Å²) in [5, 5.41) is 23.5. The molecule has 4 aromatic heterocycles. The molecule has 5 aromatic rings. The number of nitrogens with one attached hydrogen (secondary N) is 1. The number of H-pyrrole nitrogens is 1. The van der Waals surface area contributed by atoms with Gasteiger partial charge in [0.15, 0.2) is 11.5 Å². The van der Waals surface area contributed by atoms with E-state index in [1.807, 2.05) is 19.9 Å². The van der Waals surface area contributed by atoms with Crippen molar-refractivity contribution in [2.24, 2.45) is 0 Å². The first-order valence-electron chi connectivity index (χ1n) is 25.9. The maximum absolute atomic E-state index is 11.7. The van der Waals surface area contributed by atoms with Gasteiger partial charge in [-0.25, -0.2) is 19.1 Å². The van der Waals surface area contributed by atoms with Crippen LogP contribution in [0.2, 0.25) is 0 Å². The zero-order chi connectivity index (χ0) is 54.5. The van der Waals surface area contributed by atoms with Gasteiger partial charge in [0.05, 0.1) is 131 Å². The van der Waals surface area contributed by atoms with Crippen molar-refractivity contribution in [3.63, 3.8) is 0 Å². The normalized spacial score (nSPS) is 12.4. The number of methoxy groups -OCH3 is 2. The Labute approximate surface area is 446 Å². The number of fused-ring (bicyclic) bond motifs is 7. The summed E-state index contributed by atoms with van der Waals surface area (Å²) in [4.78, 5) is 54.7. The van der Waals surface area contributed by atoms with Crippen LogP contribution in [-0.2, 0) is 47.9 Å². The van der Waals surface area contributed by atoms with Crippen LogP contribution in [0.25, 0.3) is 44.4 Å². The molecular formula is C54H69N11O12.